The number of aliphatic carboxylic acids is 1. The maximum absolute atomic E-state index is 12.6. The molecular weight excluding hydrogens is 786 g/mol. The van der Waals surface area contributed by atoms with Gasteiger partial charge in [0.25, 0.3) is 0 Å². The number of carbonyl (C=O) groups is 1. The van der Waals surface area contributed by atoms with Crippen LogP contribution in [0.25, 0.3) is 0 Å². The maximum atomic E-state index is 12.6. The zero-order valence-electron chi connectivity index (χ0n) is 32.2. The van der Waals surface area contributed by atoms with E-state index < -0.39 is 11.5 Å². The topological polar surface area (TPSA) is 121 Å². The van der Waals surface area contributed by atoms with Gasteiger partial charge in [-0.15, -0.1) is 11.3 Å². The normalized spacial score (nSPS) is 11.4. The number of methoxy groups -OCH3 is 2. The number of benzene rings is 6. The van der Waals surface area contributed by atoms with Crippen LogP contribution in [0.5, 0.6) is 23.0 Å². The van der Waals surface area contributed by atoms with E-state index in [1.165, 1.54) is 11.3 Å². The predicted molar refractivity (Wildman–Crippen MR) is 230 cm³/mol. The van der Waals surface area contributed by atoms with Gasteiger partial charge in [0, 0.05) is 10.9 Å². The highest BCUT2D eigenvalue weighted by Crippen LogP contribution is 2.41. The summed E-state index contributed by atoms with van der Waals surface area (Å²) in [6.45, 7) is 0.269. The van der Waals surface area contributed by atoms with Crippen molar-refractivity contribution < 1.29 is 33.7 Å². The van der Waals surface area contributed by atoms with E-state index in [-0.39, 0.29) is 36.2 Å². The Hall–Kier alpha value is -6.82. The van der Waals surface area contributed by atoms with E-state index in [0.29, 0.717) is 22.2 Å². The van der Waals surface area contributed by atoms with Crippen molar-refractivity contribution in [3.05, 3.63) is 201 Å². The third-order valence-electron chi connectivity index (χ3n) is 9.48. The summed E-state index contributed by atoms with van der Waals surface area (Å²) < 4.78 is 23.0. The van der Waals surface area contributed by atoms with Gasteiger partial charge in [0.1, 0.15) is 42.6 Å². The molecule has 59 heavy (non-hydrogen) atoms. The van der Waals surface area contributed by atoms with Crippen LogP contribution in [0.1, 0.15) is 39.1 Å². The molecule has 0 aliphatic carbocycles. The smallest absolute Gasteiger partial charge is 0.360 e. The lowest BCUT2D eigenvalue weighted by molar-refractivity contribution is -0.129. The van der Waals surface area contributed by atoms with E-state index in [0.717, 1.165) is 39.3 Å². The highest BCUT2D eigenvalue weighted by molar-refractivity contribution is 7.14. The molecule has 0 aliphatic rings. The summed E-state index contributed by atoms with van der Waals surface area (Å²) in [6, 6.07) is 48.6. The molecule has 6 aromatic carbocycles. The van der Waals surface area contributed by atoms with Gasteiger partial charge in [-0.25, -0.2) is 9.78 Å². The standard InChI is InChI=1S/C47H40ClN3O7S/c1-54-38-23-18-32(19-24-38)28-56-41-27-22-34(42(48)44(41)57-29-33-20-25-39(55-2)26-21-33)30-58-51-43(45(52)53)40-31-59-46(49-40)50-47(35-12-6-3-7-13-35,36-14-8-4-9-15-36)37-16-10-5-11-17-37/h3-27,31H,28-30H2,1-2H3,(H,49,50)(H,52,53). The number of ether oxygens (including phenoxy) is 4. The summed E-state index contributed by atoms with van der Waals surface area (Å²) in [6.07, 6.45) is 0. The first kappa shape index (κ1) is 40.4. The SMILES string of the molecule is COc1ccc(COc2ccc(CON=C(C(=O)O)c3csc(NC(c4ccccc4)(c4ccccc4)c4ccccc4)n3)c(Cl)c2OCc2ccc(OC)cc2)cc1. The Labute approximate surface area is 351 Å². The molecular formula is C47H40ClN3O7S. The molecule has 2 N–H and O–H groups in total. The fraction of sp³-hybridized carbons (Fsp3) is 0.128. The summed E-state index contributed by atoms with van der Waals surface area (Å²) in [4.78, 5) is 23.0. The number of carboxylic acids is 1. The largest absolute Gasteiger partial charge is 0.497 e. The molecule has 7 rings (SSSR count). The molecule has 0 atom stereocenters. The van der Waals surface area contributed by atoms with Gasteiger partial charge in [-0.2, -0.15) is 0 Å². The third-order valence-corrected chi connectivity index (χ3v) is 10.6. The minimum atomic E-state index is -1.31. The molecule has 0 aliphatic heterocycles. The fourth-order valence-corrected chi connectivity index (χ4v) is 7.46. The van der Waals surface area contributed by atoms with Crippen molar-refractivity contribution in [2.24, 2.45) is 5.16 Å². The highest BCUT2D eigenvalue weighted by Gasteiger charge is 2.37. The Bertz CT molecular complexity index is 2390. The quantitative estimate of drug-likeness (QED) is 0.0495. The predicted octanol–water partition coefficient (Wildman–Crippen LogP) is 10.4. The van der Waals surface area contributed by atoms with Crippen LogP contribution in [0.2, 0.25) is 5.02 Å². The number of oxime groups is 1. The Morgan fingerprint density at radius 1 is 0.695 bits per heavy atom. The molecule has 0 spiro atoms. The average molecular weight is 826 g/mol. The molecule has 7 aromatic rings. The van der Waals surface area contributed by atoms with Crippen LogP contribution in [0.15, 0.2) is 162 Å². The van der Waals surface area contributed by atoms with Gasteiger partial charge >= 0.3 is 5.97 Å². The molecule has 0 radical (unpaired) electrons. The Morgan fingerprint density at radius 2 is 1.20 bits per heavy atom. The van der Waals surface area contributed by atoms with Gasteiger partial charge in [-0.1, -0.05) is 138 Å². The van der Waals surface area contributed by atoms with Gasteiger partial charge < -0.3 is 34.2 Å². The van der Waals surface area contributed by atoms with Gasteiger partial charge in [0.2, 0.25) is 5.71 Å². The van der Waals surface area contributed by atoms with Crippen LogP contribution in [0.3, 0.4) is 0 Å². The molecule has 12 heteroatoms. The van der Waals surface area contributed by atoms with Crippen molar-refractivity contribution in [3.63, 3.8) is 0 Å². The summed E-state index contributed by atoms with van der Waals surface area (Å²) >= 11 is 8.22. The second-order valence-electron chi connectivity index (χ2n) is 13.2. The van der Waals surface area contributed by atoms with E-state index in [2.05, 4.69) is 46.9 Å². The number of nitrogens with zero attached hydrogens (tertiary/aromatic N) is 2. The molecule has 10 nitrogen and oxygen atoms in total. The van der Waals surface area contributed by atoms with Crippen LogP contribution < -0.4 is 24.3 Å². The van der Waals surface area contributed by atoms with Gasteiger partial charge in [-0.3, -0.25) is 0 Å². The van der Waals surface area contributed by atoms with Crippen molar-refractivity contribution in [1.29, 1.82) is 0 Å². The van der Waals surface area contributed by atoms with Crippen molar-refractivity contribution in [3.8, 4) is 23.0 Å². The lowest BCUT2D eigenvalue weighted by atomic mass is 9.77. The maximum Gasteiger partial charge on any atom is 0.360 e. The number of halogens is 1. The molecule has 0 amide bonds. The molecule has 0 unspecified atom stereocenters. The van der Waals surface area contributed by atoms with Gasteiger partial charge in [0.05, 0.1) is 19.2 Å². The Kier molecular flexibility index (Phi) is 13.1. The van der Waals surface area contributed by atoms with E-state index in [4.69, 9.17) is 40.4 Å². The lowest BCUT2D eigenvalue weighted by Crippen LogP contribution is -2.38. The van der Waals surface area contributed by atoms with E-state index in [1.807, 2.05) is 103 Å². The minimum Gasteiger partial charge on any atom is -0.497 e. The Balaban J connectivity index is 1.13. The third kappa shape index (κ3) is 9.50. The van der Waals surface area contributed by atoms with Crippen molar-refractivity contribution >= 4 is 39.8 Å². The number of rotatable bonds is 18. The van der Waals surface area contributed by atoms with E-state index in [9.17, 15) is 9.90 Å². The fourth-order valence-electron chi connectivity index (χ4n) is 6.44. The van der Waals surface area contributed by atoms with Crippen LogP contribution in [-0.4, -0.2) is 36.0 Å². The molecule has 0 saturated heterocycles. The number of anilines is 1. The number of hydrogen-bond acceptors (Lipinski definition) is 10. The number of carboxylic acid groups (broad SMARTS) is 1. The molecule has 0 saturated carbocycles. The first-order valence-electron chi connectivity index (χ1n) is 18.5. The van der Waals surface area contributed by atoms with Crippen molar-refractivity contribution in [2.45, 2.75) is 25.4 Å². The molecule has 1 aromatic heterocycles. The Morgan fingerprint density at radius 3 is 1.69 bits per heavy atom. The van der Waals surface area contributed by atoms with E-state index >= 15 is 0 Å². The second kappa shape index (κ2) is 19.1. The van der Waals surface area contributed by atoms with E-state index in [1.54, 1.807) is 31.7 Å². The molecule has 1 heterocycles. The lowest BCUT2D eigenvalue weighted by Gasteiger charge is -2.36. The van der Waals surface area contributed by atoms with Gasteiger partial charge in [-0.05, 0) is 58.1 Å². The minimum absolute atomic E-state index is 0.130. The number of nitrogens with one attached hydrogen (secondary N) is 1. The first-order valence-corrected chi connectivity index (χ1v) is 19.8. The second-order valence-corrected chi connectivity index (χ2v) is 14.4. The van der Waals surface area contributed by atoms with Crippen LogP contribution >= 0.6 is 22.9 Å². The monoisotopic (exact) mass is 825 g/mol. The zero-order valence-corrected chi connectivity index (χ0v) is 33.8. The molecule has 298 valence electrons. The molecule has 0 bridgehead atoms. The zero-order chi connectivity index (χ0) is 41.0. The van der Waals surface area contributed by atoms with Crippen molar-refractivity contribution in [2.75, 3.05) is 19.5 Å². The number of aromatic nitrogens is 1. The summed E-state index contributed by atoms with van der Waals surface area (Å²) in [5.74, 6) is 0.868. The van der Waals surface area contributed by atoms with Crippen LogP contribution in [0, 0.1) is 0 Å². The van der Waals surface area contributed by atoms with Gasteiger partial charge in [0.15, 0.2) is 16.6 Å². The summed E-state index contributed by atoms with van der Waals surface area (Å²) in [5, 5.41) is 20.4. The highest BCUT2D eigenvalue weighted by atomic mass is 35.5. The van der Waals surface area contributed by atoms with Crippen LogP contribution in [-0.2, 0) is 35.0 Å². The summed E-state index contributed by atoms with van der Waals surface area (Å²) in [5.41, 5.74) is 4.13. The van der Waals surface area contributed by atoms with Crippen molar-refractivity contribution in [1.82, 2.24) is 4.98 Å². The average Bonchev–Trinajstić information content (AvgIpc) is 3.75. The number of hydrogen-bond donors (Lipinski definition) is 2. The number of thiazole rings is 1. The summed E-state index contributed by atoms with van der Waals surface area (Å²) in [7, 11) is 3.22. The van der Waals surface area contributed by atoms with Crippen LogP contribution in [0.4, 0.5) is 5.13 Å². The molecule has 0 fully saturated rings. The first-order chi connectivity index (χ1) is 28.9.